The smallest absolute Gasteiger partial charge is 0.330 e. The molecule has 1 aromatic rings. The summed E-state index contributed by atoms with van der Waals surface area (Å²) < 4.78 is 9.63. The second kappa shape index (κ2) is 6.44. The van der Waals surface area contributed by atoms with E-state index in [0.29, 0.717) is 24.0 Å². The van der Waals surface area contributed by atoms with Crippen LogP contribution in [0.5, 0.6) is 11.5 Å². The van der Waals surface area contributed by atoms with E-state index in [-0.39, 0.29) is 11.5 Å². The number of benzene rings is 1. The van der Waals surface area contributed by atoms with E-state index in [4.69, 9.17) is 4.74 Å². The highest BCUT2D eigenvalue weighted by Crippen LogP contribution is 2.32. The highest BCUT2D eigenvalue weighted by molar-refractivity contribution is 5.88. The average molecular weight is 250 g/mol. The van der Waals surface area contributed by atoms with Crippen molar-refractivity contribution < 1.29 is 24.2 Å². The molecule has 0 fully saturated rings. The maximum Gasteiger partial charge on any atom is 0.330 e. The zero-order valence-corrected chi connectivity index (χ0v) is 10.2. The largest absolute Gasteiger partial charge is 0.504 e. The van der Waals surface area contributed by atoms with E-state index in [0.717, 1.165) is 6.08 Å². The number of hydrogen-bond acceptors (Lipinski definition) is 5. The van der Waals surface area contributed by atoms with Crippen molar-refractivity contribution in [3.63, 3.8) is 0 Å². The Balaban J connectivity index is 3.16. The molecule has 0 bridgehead atoms. The number of phenols is 1. The van der Waals surface area contributed by atoms with E-state index >= 15 is 0 Å². The minimum atomic E-state index is -0.552. The zero-order valence-electron chi connectivity index (χ0n) is 10.2. The number of ether oxygens (including phenoxy) is 2. The van der Waals surface area contributed by atoms with Gasteiger partial charge in [-0.25, -0.2) is 4.79 Å². The van der Waals surface area contributed by atoms with Gasteiger partial charge in [-0.15, -0.1) is 0 Å². The first-order chi connectivity index (χ1) is 8.62. The first kappa shape index (κ1) is 13.8. The summed E-state index contributed by atoms with van der Waals surface area (Å²) in [6.45, 7) is 2.12. The summed E-state index contributed by atoms with van der Waals surface area (Å²) in [7, 11) is 1.25. The Labute approximate surface area is 105 Å². The maximum absolute atomic E-state index is 11.0. The summed E-state index contributed by atoms with van der Waals surface area (Å²) in [6, 6.07) is 2.88. The average Bonchev–Trinajstić information content (AvgIpc) is 2.39. The zero-order chi connectivity index (χ0) is 13.5. The predicted octanol–water partition coefficient (Wildman–Crippen LogP) is 1.79. The van der Waals surface area contributed by atoms with Crippen molar-refractivity contribution >= 4 is 18.3 Å². The third kappa shape index (κ3) is 3.35. The lowest BCUT2D eigenvalue weighted by Gasteiger charge is -2.09. The highest BCUT2D eigenvalue weighted by atomic mass is 16.5. The van der Waals surface area contributed by atoms with Crippen LogP contribution >= 0.6 is 0 Å². The molecule has 0 amide bonds. The van der Waals surface area contributed by atoms with Gasteiger partial charge in [0.05, 0.1) is 13.7 Å². The normalized spacial score (nSPS) is 10.3. The van der Waals surface area contributed by atoms with E-state index in [1.165, 1.54) is 25.3 Å². The molecule has 1 aromatic carbocycles. The molecule has 0 aromatic heterocycles. The summed E-state index contributed by atoms with van der Waals surface area (Å²) in [5.74, 6) is -0.474. The van der Waals surface area contributed by atoms with Gasteiger partial charge in [-0.2, -0.15) is 0 Å². The molecule has 0 aliphatic heterocycles. The van der Waals surface area contributed by atoms with Crippen LogP contribution in [0.2, 0.25) is 0 Å². The van der Waals surface area contributed by atoms with Crippen molar-refractivity contribution in [2.24, 2.45) is 0 Å². The molecular formula is C13H14O5. The fourth-order valence-electron chi connectivity index (χ4n) is 1.34. The predicted molar refractivity (Wildman–Crippen MR) is 65.7 cm³/mol. The molecule has 1 rings (SSSR count). The summed E-state index contributed by atoms with van der Waals surface area (Å²) in [6.07, 6.45) is 3.15. The number of carbonyl (C=O) groups excluding carboxylic acids is 2. The molecule has 0 atom stereocenters. The fourth-order valence-corrected chi connectivity index (χ4v) is 1.34. The van der Waals surface area contributed by atoms with Gasteiger partial charge >= 0.3 is 5.97 Å². The fraction of sp³-hybridized carbons (Fsp3) is 0.231. The third-order valence-electron chi connectivity index (χ3n) is 2.16. The van der Waals surface area contributed by atoms with Crippen LogP contribution < -0.4 is 4.74 Å². The van der Waals surface area contributed by atoms with Gasteiger partial charge in [-0.05, 0) is 25.1 Å². The number of aldehydes is 1. The first-order valence-electron chi connectivity index (χ1n) is 5.33. The number of carbonyl (C=O) groups is 2. The van der Waals surface area contributed by atoms with Gasteiger partial charge in [-0.1, -0.05) is 0 Å². The van der Waals surface area contributed by atoms with Crippen LogP contribution in [0.1, 0.15) is 22.8 Å². The van der Waals surface area contributed by atoms with Crippen molar-refractivity contribution in [1.29, 1.82) is 0 Å². The lowest BCUT2D eigenvalue weighted by molar-refractivity contribution is -0.134. The highest BCUT2D eigenvalue weighted by Gasteiger charge is 2.09. The Kier molecular flexibility index (Phi) is 4.92. The Bertz CT molecular complexity index is 477. The van der Waals surface area contributed by atoms with Gasteiger partial charge in [0.1, 0.15) is 6.29 Å². The quantitative estimate of drug-likeness (QED) is 0.490. The topological polar surface area (TPSA) is 72.8 Å². The summed E-state index contributed by atoms with van der Waals surface area (Å²) in [4.78, 5) is 21.7. The molecule has 0 spiro atoms. The molecule has 5 heteroatoms. The number of phenolic OH excluding ortho intramolecular Hbond substituents is 1. The Morgan fingerprint density at radius 3 is 2.72 bits per heavy atom. The second-order valence-corrected chi connectivity index (χ2v) is 3.36. The standard InChI is InChI=1S/C13H14O5/c1-3-18-11-7-9(8-14)6-10(13(11)16)4-5-12(15)17-2/h4-8,16H,3H2,1-2H3. The Hall–Kier alpha value is -2.30. The minimum absolute atomic E-state index is 0.123. The number of esters is 1. The lowest BCUT2D eigenvalue weighted by Crippen LogP contribution is -1.96. The van der Waals surface area contributed by atoms with Gasteiger partial charge < -0.3 is 14.6 Å². The first-order valence-corrected chi connectivity index (χ1v) is 5.33. The SMILES string of the molecule is CCOc1cc(C=O)cc(C=CC(=O)OC)c1O. The monoisotopic (exact) mass is 250 g/mol. The molecule has 0 saturated heterocycles. The molecule has 0 heterocycles. The number of hydrogen-bond donors (Lipinski definition) is 1. The van der Waals surface area contributed by atoms with Gasteiger partial charge in [0.15, 0.2) is 11.5 Å². The molecule has 0 aliphatic carbocycles. The molecule has 0 unspecified atom stereocenters. The van der Waals surface area contributed by atoms with Crippen molar-refractivity contribution in [3.8, 4) is 11.5 Å². The number of rotatable bonds is 5. The maximum atomic E-state index is 11.0. The van der Waals surface area contributed by atoms with Crippen LogP contribution in [0.25, 0.3) is 6.08 Å². The third-order valence-corrected chi connectivity index (χ3v) is 2.16. The Morgan fingerprint density at radius 2 is 2.17 bits per heavy atom. The van der Waals surface area contributed by atoms with Crippen molar-refractivity contribution in [3.05, 3.63) is 29.3 Å². The lowest BCUT2D eigenvalue weighted by atomic mass is 10.1. The van der Waals surface area contributed by atoms with Gasteiger partial charge in [0, 0.05) is 17.2 Å². The minimum Gasteiger partial charge on any atom is -0.504 e. The van der Waals surface area contributed by atoms with Crippen LogP contribution in [0.4, 0.5) is 0 Å². The van der Waals surface area contributed by atoms with E-state index in [2.05, 4.69) is 4.74 Å². The van der Waals surface area contributed by atoms with Gasteiger partial charge in [0.2, 0.25) is 0 Å². The molecule has 0 radical (unpaired) electrons. The molecule has 0 saturated carbocycles. The molecule has 5 nitrogen and oxygen atoms in total. The van der Waals surface area contributed by atoms with Gasteiger partial charge in [0.25, 0.3) is 0 Å². The van der Waals surface area contributed by atoms with Crippen LogP contribution in [0.15, 0.2) is 18.2 Å². The van der Waals surface area contributed by atoms with Crippen LogP contribution in [-0.2, 0) is 9.53 Å². The summed E-state index contributed by atoms with van der Waals surface area (Å²) in [5.41, 5.74) is 0.661. The number of methoxy groups -OCH3 is 1. The van der Waals surface area contributed by atoms with E-state index in [9.17, 15) is 14.7 Å². The molecule has 96 valence electrons. The van der Waals surface area contributed by atoms with Crippen LogP contribution in [0, 0.1) is 0 Å². The van der Waals surface area contributed by atoms with Crippen molar-refractivity contribution in [2.75, 3.05) is 13.7 Å². The van der Waals surface area contributed by atoms with Crippen LogP contribution in [0.3, 0.4) is 0 Å². The summed E-state index contributed by atoms with van der Waals surface area (Å²) in [5, 5.41) is 9.88. The molecule has 1 N–H and O–H groups in total. The van der Waals surface area contributed by atoms with E-state index < -0.39 is 5.97 Å². The molecule has 18 heavy (non-hydrogen) atoms. The number of aromatic hydroxyl groups is 1. The Morgan fingerprint density at radius 1 is 1.44 bits per heavy atom. The van der Waals surface area contributed by atoms with Gasteiger partial charge in [-0.3, -0.25) is 4.79 Å². The van der Waals surface area contributed by atoms with Crippen molar-refractivity contribution in [1.82, 2.24) is 0 Å². The van der Waals surface area contributed by atoms with E-state index in [1.807, 2.05) is 0 Å². The van der Waals surface area contributed by atoms with E-state index in [1.54, 1.807) is 6.92 Å². The second-order valence-electron chi connectivity index (χ2n) is 3.36. The van der Waals surface area contributed by atoms with Crippen LogP contribution in [-0.4, -0.2) is 31.1 Å². The molecular weight excluding hydrogens is 236 g/mol. The molecule has 0 aliphatic rings. The summed E-state index contributed by atoms with van der Waals surface area (Å²) >= 11 is 0. The van der Waals surface area contributed by atoms with Crippen molar-refractivity contribution in [2.45, 2.75) is 6.92 Å².